The molecule has 29 heavy (non-hydrogen) atoms. The number of nitrogens with zero attached hydrogens (tertiary/aromatic N) is 5. The summed E-state index contributed by atoms with van der Waals surface area (Å²) in [5.41, 5.74) is 1.50. The van der Waals surface area contributed by atoms with E-state index in [2.05, 4.69) is 15.0 Å². The molecule has 0 saturated heterocycles. The van der Waals surface area contributed by atoms with Crippen LogP contribution in [0.1, 0.15) is 51.8 Å². The molecule has 3 aromatic rings. The molecule has 0 unspecified atom stereocenters. The molecule has 2 aliphatic heterocycles. The number of benzene rings is 1. The number of hydrogen-bond acceptors (Lipinski definition) is 6. The van der Waals surface area contributed by atoms with E-state index in [1.807, 2.05) is 0 Å². The van der Waals surface area contributed by atoms with Crippen molar-refractivity contribution in [1.29, 1.82) is 0 Å². The van der Waals surface area contributed by atoms with Gasteiger partial charge < -0.3 is 0 Å². The Morgan fingerprint density at radius 1 is 0.931 bits per heavy atom. The highest BCUT2D eigenvalue weighted by atomic mass is 16.2. The molecule has 4 heterocycles. The predicted octanol–water partition coefficient (Wildman–Crippen LogP) is 2.22. The van der Waals surface area contributed by atoms with Crippen molar-refractivity contribution in [2.45, 2.75) is 31.8 Å². The highest BCUT2D eigenvalue weighted by Gasteiger charge is 2.42. The van der Waals surface area contributed by atoms with Crippen LogP contribution in [-0.2, 0) is 6.54 Å². The molecule has 144 valence electrons. The van der Waals surface area contributed by atoms with Gasteiger partial charge in [0, 0.05) is 18.8 Å². The average Bonchev–Trinajstić information content (AvgIpc) is 2.89. The Kier molecular flexibility index (Phi) is 4.04. The van der Waals surface area contributed by atoms with Gasteiger partial charge >= 0.3 is 0 Å². The van der Waals surface area contributed by atoms with Gasteiger partial charge in [-0.15, -0.1) is 0 Å². The van der Waals surface area contributed by atoms with Crippen LogP contribution in [0.3, 0.4) is 0 Å². The molecule has 0 bridgehead atoms. The van der Waals surface area contributed by atoms with E-state index in [1.54, 1.807) is 41.1 Å². The fourth-order valence-corrected chi connectivity index (χ4v) is 4.05. The van der Waals surface area contributed by atoms with Crippen molar-refractivity contribution < 1.29 is 9.59 Å². The van der Waals surface area contributed by atoms with Gasteiger partial charge in [0.1, 0.15) is 12.2 Å². The molecular weight excluding hydrogens is 370 g/mol. The summed E-state index contributed by atoms with van der Waals surface area (Å²) in [6, 6.07) is 9.31. The van der Waals surface area contributed by atoms with Gasteiger partial charge in [0.05, 0.1) is 28.6 Å². The third-order valence-electron chi connectivity index (χ3n) is 5.43. The van der Waals surface area contributed by atoms with Crippen LogP contribution in [0.2, 0.25) is 0 Å². The maximum Gasteiger partial charge on any atom is 0.262 e. The third kappa shape index (κ3) is 2.75. The van der Waals surface area contributed by atoms with Gasteiger partial charge in [-0.25, -0.2) is 15.0 Å². The zero-order chi connectivity index (χ0) is 20.0. The minimum Gasteiger partial charge on any atom is -0.295 e. The number of aromatic nitrogens is 4. The summed E-state index contributed by atoms with van der Waals surface area (Å²) in [4.78, 5) is 52.9. The molecule has 0 saturated carbocycles. The maximum absolute atomic E-state index is 13.0. The van der Waals surface area contributed by atoms with Crippen molar-refractivity contribution in [2.75, 3.05) is 0 Å². The number of hydrogen-bond donors (Lipinski definition) is 0. The van der Waals surface area contributed by atoms with Crippen molar-refractivity contribution in [1.82, 2.24) is 24.4 Å². The zero-order valence-corrected chi connectivity index (χ0v) is 15.5. The van der Waals surface area contributed by atoms with E-state index < -0.39 is 6.04 Å². The van der Waals surface area contributed by atoms with Crippen LogP contribution in [0.25, 0.3) is 11.4 Å². The zero-order valence-electron chi connectivity index (χ0n) is 15.5. The summed E-state index contributed by atoms with van der Waals surface area (Å²) < 4.78 is 1.58. The molecule has 0 spiro atoms. The summed E-state index contributed by atoms with van der Waals surface area (Å²) in [5, 5.41) is 0. The van der Waals surface area contributed by atoms with Crippen LogP contribution in [0.4, 0.5) is 0 Å². The molecule has 1 aromatic carbocycles. The first-order valence-electron chi connectivity index (χ1n) is 9.50. The lowest BCUT2D eigenvalue weighted by Gasteiger charge is -2.26. The van der Waals surface area contributed by atoms with Gasteiger partial charge in [-0.1, -0.05) is 12.1 Å². The van der Waals surface area contributed by atoms with E-state index >= 15 is 0 Å². The van der Waals surface area contributed by atoms with Crippen LogP contribution >= 0.6 is 0 Å². The number of rotatable bonds is 2. The number of imide groups is 1. The Bertz CT molecular complexity index is 1150. The predicted molar refractivity (Wildman–Crippen MR) is 103 cm³/mol. The first-order valence-corrected chi connectivity index (χ1v) is 9.50. The molecule has 8 heteroatoms. The molecule has 2 aromatic heterocycles. The number of carbonyl (C=O) groups is 2. The van der Waals surface area contributed by atoms with Crippen molar-refractivity contribution in [3.8, 4) is 11.4 Å². The molecule has 1 atom stereocenters. The van der Waals surface area contributed by atoms with Crippen LogP contribution < -0.4 is 5.56 Å². The summed E-state index contributed by atoms with van der Waals surface area (Å²) in [6.07, 6.45) is 5.09. The first kappa shape index (κ1) is 17.4. The largest absolute Gasteiger partial charge is 0.295 e. The van der Waals surface area contributed by atoms with Gasteiger partial charge in [0.25, 0.3) is 17.4 Å². The third-order valence-corrected chi connectivity index (χ3v) is 5.43. The van der Waals surface area contributed by atoms with E-state index in [9.17, 15) is 14.4 Å². The molecule has 0 aliphatic carbocycles. The highest BCUT2D eigenvalue weighted by Crippen LogP contribution is 2.35. The molecule has 2 amide bonds. The van der Waals surface area contributed by atoms with Crippen LogP contribution in [0.15, 0.2) is 53.7 Å². The Balaban J connectivity index is 1.66. The first-order chi connectivity index (χ1) is 14.1. The SMILES string of the molecule is O=C1c2ccccc2C(=O)N1[C@H]1CCCCn2c1nc(-c1ccncn1)cc2=O. The molecule has 2 aliphatic rings. The lowest BCUT2D eigenvalue weighted by atomic mass is 10.1. The fourth-order valence-electron chi connectivity index (χ4n) is 4.05. The Morgan fingerprint density at radius 3 is 2.38 bits per heavy atom. The highest BCUT2D eigenvalue weighted by molar-refractivity contribution is 6.21. The minimum atomic E-state index is -0.598. The standard InChI is InChI=1S/C21H17N5O3/c27-18-11-16(15-8-9-22-12-23-15)24-19-17(7-3-4-10-25(18)19)26-20(28)13-5-1-2-6-14(13)21(26)29/h1-2,5-6,8-9,11-12,17H,3-4,7,10H2/t17-/m0/s1. The van der Waals surface area contributed by atoms with Crippen molar-refractivity contribution in [3.05, 3.63) is 76.2 Å². The van der Waals surface area contributed by atoms with Crippen LogP contribution in [-0.4, -0.2) is 36.2 Å². The van der Waals surface area contributed by atoms with E-state index in [1.165, 1.54) is 17.3 Å². The van der Waals surface area contributed by atoms with Crippen molar-refractivity contribution in [3.63, 3.8) is 0 Å². The van der Waals surface area contributed by atoms with E-state index in [-0.39, 0.29) is 17.4 Å². The Morgan fingerprint density at radius 2 is 1.69 bits per heavy atom. The quantitative estimate of drug-likeness (QED) is 0.626. The van der Waals surface area contributed by atoms with Gasteiger partial charge in [-0.3, -0.25) is 23.9 Å². The number of carbonyl (C=O) groups excluding carboxylic acids is 2. The second-order valence-electron chi connectivity index (χ2n) is 7.12. The van der Waals surface area contributed by atoms with Gasteiger partial charge in [0.15, 0.2) is 0 Å². The Hall–Kier alpha value is -3.68. The second-order valence-corrected chi connectivity index (χ2v) is 7.12. The van der Waals surface area contributed by atoms with Crippen LogP contribution in [0.5, 0.6) is 0 Å². The summed E-state index contributed by atoms with van der Waals surface area (Å²) >= 11 is 0. The monoisotopic (exact) mass is 387 g/mol. The number of amides is 2. The molecule has 0 fully saturated rings. The molecular formula is C21H17N5O3. The minimum absolute atomic E-state index is 0.216. The fraction of sp³-hybridized carbons (Fsp3) is 0.238. The molecule has 5 rings (SSSR count). The second kappa shape index (κ2) is 6.73. The van der Waals surface area contributed by atoms with Crippen LogP contribution in [0, 0.1) is 0 Å². The molecule has 8 nitrogen and oxygen atoms in total. The summed E-state index contributed by atoms with van der Waals surface area (Å²) in [6.45, 7) is 0.505. The van der Waals surface area contributed by atoms with E-state index in [0.717, 1.165) is 12.8 Å². The van der Waals surface area contributed by atoms with Gasteiger partial charge in [-0.05, 0) is 37.5 Å². The van der Waals surface area contributed by atoms with Gasteiger partial charge in [0.2, 0.25) is 0 Å². The topological polar surface area (TPSA) is 98.1 Å². The van der Waals surface area contributed by atoms with E-state index in [0.29, 0.717) is 41.3 Å². The maximum atomic E-state index is 13.0. The number of fused-ring (bicyclic) bond motifs is 2. The lowest BCUT2D eigenvalue weighted by molar-refractivity contribution is 0.0565. The smallest absolute Gasteiger partial charge is 0.262 e. The van der Waals surface area contributed by atoms with Crippen molar-refractivity contribution in [2.24, 2.45) is 0 Å². The normalized spacial score (nSPS) is 18.3. The average molecular weight is 387 g/mol. The lowest BCUT2D eigenvalue weighted by Crippen LogP contribution is -2.37. The van der Waals surface area contributed by atoms with Crippen molar-refractivity contribution >= 4 is 11.8 Å². The summed E-state index contributed by atoms with van der Waals surface area (Å²) in [7, 11) is 0. The Labute approximate surface area is 165 Å². The molecule has 0 N–H and O–H groups in total. The van der Waals surface area contributed by atoms with E-state index in [4.69, 9.17) is 0 Å². The van der Waals surface area contributed by atoms with Gasteiger partial charge in [-0.2, -0.15) is 0 Å². The summed E-state index contributed by atoms with van der Waals surface area (Å²) in [5.74, 6) is -0.255. The molecule has 0 radical (unpaired) electrons.